The van der Waals surface area contributed by atoms with Gasteiger partial charge >= 0.3 is 0 Å². The molecule has 1 unspecified atom stereocenters. The molecule has 0 bridgehead atoms. The second-order valence-corrected chi connectivity index (χ2v) is 4.37. The molecule has 1 fully saturated rings. The number of piperidine rings is 1. The van der Waals surface area contributed by atoms with E-state index in [4.69, 9.17) is 0 Å². The van der Waals surface area contributed by atoms with Gasteiger partial charge in [0.05, 0.1) is 6.33 Å². The predicted molar refractivity (Wildman–Crippen MR) is 62.1 cm³/mol. The van der Waals surface area contributed by atoms with Crippen LogP contribution >= 0.6 is 15.9 Å². The Hall–Kier alpha value is -0.880. The highest BCUT2D eigenvalue weighted by atomic mass is 79.9. The molecule has 2 heterocycles. The Morgan fingerprint density at radius 2 is 2.47 bits per heavy atom. The first kappa shape index (κ1) is 10.6. The minimum absolute atomic E-state index is 0.156. The number of aromatic nitrogens is 2. The molecule has 15 heavy (non-hydrogen) atoms. The molecule has 6 heteroatoms. The molecule has 0 aromatic carbocycles. The second-order valence-electron chi connectivity index (χ2n) is 3.58. The molecule has 3 N–H and O–H groups in total. The van der Waals surface area contributed by atoms with Gasteiger partial charge in [-0.1, -0.05) is 0 Å². The van der Waals surface area contributed by atoms with Crippen molar-refractivity contribution in [2.75, 3.05) is 18.4 Å². The van der Waals surface area contributed by atoms with Crippen molar-refractivity contribution in [3.05, 3.63) is 21.2 Å². The first-order valence-electron chi connectivity index (χ1n) is 4.98. The lowest BCUT2D eigenvalue weighted by molar-refractivity contribution is 0.478. The summed E-state index contributed by atoms with van der Waals surface area (Å²) in [7, 11) is 0. The lowest BCUT2D eigenvalue weighted by Crippen LogP contribution is -2.39. The molecule has 0 saturated carbocycles. The van der Waals surface area contributed by atoms with Crippen LogP contribution in [0.3, 0.4) is 0 Å². The van der Waals surface area contributed by atoms with Crippen molar-refractivity contribution in [3.63, 3.8) is 0 Å². The fourth-order valence-corrected chi connectivity index (χ4v) is 1.98. The van der Waals surface area contributed by atoms with E-state index in [-0.39, 0.29) is 5.56 Å². The third-order valence-electron chi connectivity index (χ3n) is 2.43. The van der Waals surface area contributed by atoms with Crippen LogP contribution < -0.4 is 16.2 Å². The Morgan fingerprint density at radius 1 is 1.60 bits per heavy atom. The Balaban J connectivity index is 2.09. The van der Waals surface area contributed by atoms with E-state index in [0.29, 0.717) is 16.3 Å². The molecule has 1 atom stereocenters. The summed E-state index contributed by atoms with van der Waals surface area (Å²) in [5.41, 5.74) is -0.156. The fraction of sp³-hybridized carbons (Fsp3) is 0.556. The Morgan fingerprint density at radius 3 is 3.20 bits per heavy atom. The average molecular weight is 273 g/mol. The van der Waals surface area contributed by atoms with Gasteiger partial charge in [0.2, 0.25) is 0 Å². The van der Waals surface area contributed by atoms with Gasteiger partial charge < -0.3 is 15.6 Å². The van der Waals surface area contributed by atoms with Crippen LogP contribution in [0.1, 0.15) is 12.8 Å². The quantitative estimate of drug-likeness (QED) is 0.741. The zero-order valence-electron chi connectivity index (χ0n) is 8.22. The first-order chi connectivity index (χ1) is 7.27. The molecule has 1 saturated heterocycles. The van der Waals surface area contributed by atoms with E-state index in [9.17, 15) is 4.79 Å². The molecule has 0 radical (unpaired) electrons. The van der Waals surface area contributed by atoms with E-state index in [1.807, 2.05) is 0 Å². The largest absolute Gasteiger partial charge is 0.365 e. The second kappa shape index (κ2) is 4.76. The molecule has 1 aliphatic heterocycles. The van der Waals surface area contributed by atoms with Crippen LogP contribution in [0, 0.1) is 0 Å². The van der Waals surface area contributed by atoms with Crippen LogP contribution in [0.2, 0.25) is 0 Å². The number of hydrogen-bond donors (Lipinski definition) is 3. The van der Waals surface area contributed by atoms with Gasteiger partial charge in [-0.15, -0.1) is 0 Å². The molecule has 2 rings (SSSR count). The zero-order chi connectivity index (χ0) is 10.7. The summed E-state index contributed by atoms with van der Waals surface area (Å²) in [5, 5.41) is 6.55. The Kier molecular flexibility index (Phi) is 3.37. The van der Waals surface area contributed by atoms with Gasteiger partial charge in [-0.05, 0) is 35.3 Å². The number of halogens is 1. The fourth-order valence-electron chi connectivity index (χ4n) is 1.65. The van der Waals surface area contributed by atoms with Crippen LogP contribution in [0.15, 0.2) is 15.6 Å². The van der Waals surface area contributed by atoms with Crippen LogP contribution in [0.25, 0.3) is 0 Å². The van der Waals surface area contributed by atoms with Crippen molar-refractivity contribution in [3.8, 4) is 0 Å². The standard InChI is InChI=1S/C9H13BrN4O/c10-7-8(12-5-13-9(7)15)14-6-2-1-3-11-4-6/h5-6,11H,1-4H2,(H2,12,13,14,15). The first-order valence-corrected chi connectivity index (χ1v) is 5.77. The van der Waals surface area contributed by atoms with E-state index in [1.54, 1.807) is 0 Å². The maximum Gasteiger partial charge on any atom is 0.267 e. The number of aromatic amines is 1. The van der Waals surface area contributed by atoms with Gasteiger partial charge in [-0.2, -0.15) is 0 Å². The van der Waals surface area contributed by atoms with E-state index >= 15 is 0 Å². The SMILES string of the molecule is O=c1[nH]cnc(NC2CCCNC2)c1Br. The van der Waals surface area contributed by atoms with Gasteiger partial charge in [0, 0.05) is 12.6 Å². The molecular weight excluding hydrogens is 260 g/mol. The smallest absolute Gasteiger partial charge is 0.267 e. The Labute approximate surface area is 95.8 Å². The molecule has 82 valence electrons. The average Bonchev–Trinajstić information content (AvgIpc) is 2.26. The molecule has 0 aliphatic carbocycles. The lowest BCUT2D eigenvalue weighted by atomic mass is 10.1. The summed E-state index contributed by atoms with van der Waals surface area (Å²) in [6.07, 6.45) is 3.66. The number of hydrogen-bond acceptors (Lipinski definition) is 4. The number of nitrogens with zero attached hydrogens (tertiary/aromatic N) is 1. The van der Waals surface area contributed by atoms with Crippen molar-refractivity contribution in [2.45, 2.75) is 18.9 Å². The van der Waals surface area contributed by atoms with Gasteiger partial charge in [-0.3, -0.25) is 4.79 Å². The normalized spacial score (nSPS) is 21.3. The van der Waals surface area contributed by atoms with Crippen LogP contribution in [0.4, 0.5) is 5.82 Å². The minimum Gasteiger partial charge on any atom is -0.365 e. The van der Waals surface area contributed by atoms with E-state index in [0.717, 1.165) is 25.9 Å². The molecule has 1 aromatic rings. The maximum absolute atomic E-state index is 11.3. The summed E-state index contributed by atoms with van der Waals surface area (Å²) in [6, 6.07) is 0.351. The lowest BCUT2D eigenvalue weighted by Gasteiger charge is -2.24. The third kappa shape index (κ3) is 2.57. The van der Waals surface area contributed by atoms with Crippen molar-refractivity contribution < 1.29 is 0 Å². The van der Waals surface area contributed by atoms with E-state index in [1.165, 1.54) is 6.33 Å². The molecule has 1 aromatic heterocycles. The van der Waals surface area contributed by atoms with Crippen molar-refractivity contribution in [1.29, 1.82) is 0 Å². The number of H-pyrrole nitrogens is 1. The summed E-state index contributed by atoms with van der Waals surface area (Å²) >= 11 is 3.22. The summed E-state index contributed by atoms with van der Waals surface area (Å²) in [6.45, 7) is 1.99. The van der Waals surface area contributed by atoms with Crippen molar-refractivity contribution in [1.82, 2.24) is 15.3 Å². The topological polar surface area (TPSA) is 69.8 Å². The highest BCUT2D eigenvalue weighted by molar-refractivity contribution is 9.10. The van der Waals surface area contributed by atoms with Gasteiger partial charge in [0.25, 0.3) is 5.56 Å². The number of nitrogens with one attached hydrogen (secondary N) is 3. The minimum atomic E-state index is -0.156. The number of rotatable bonds is 2. The molecule has 5 nitrogen and oxygen atoms in total. The zero-order valence-corrected chi connectivity index (χ0v) is 9.80. The van der Waals surface area contributed by atoms with Gasteiger partial charge in [-0.25, -0.2) is 4.98 Å². The Bertz CT molecular complexity index is 386. The number of anilines is 1. The van der Waals surface area contributed by atoms with Crippen LogP contribution in [-0.2, 0) is 0 Å². The predicted octanol–water partition coefficient (Wildman–Crippen LogP) is 0.696. The molecular formula is C9H13BrN4O. The summed E-state index contributed by atoms with van der Waals surface area (Å²) in [5.74, 6) is 0.618. The van der Waals surface area contributed by atoms with Crippen molar-refractivity contribution in [2.24, 2.45) is 0 Å². The van der Waals surface area contributed by atoms with E-state index in [2.05, 4.69) is 36.5 Å². The molecule has 0 amide bonds. The summed E-state index contributed by atoms with van der Waals surface area (Å²) < 4.78 is 0.468. The van der Waals surface area contributed by atoms with Crippen molar-refractivity contribution >= 4 is 21.7 Å². The van der Waals surface area contributed by atoms with E-state index < -0.39 is 0 Å². The monoisotopic (exact) mass is 272 g/mol. The van der Waals surface area contributed by atoms with Crippen LogP contribution in [-0.4, -0.2) is 29.1 Å². The summed E-state index contributed by atoms with van der Waals surface area (Å²) in [4.78, 5) is 17.9. The highest BCUT2D eigenvalue weighted by Crippen LogP contribution is 2.16. The van der Waals surface area contributed by atoms with Gasteiger partial charge in [0.1, 0.15) is 10.3 Å². The molecule has 0 spiro atoms. The highest BCUT2D eigenvalue weighted by Gasteiger charge is 2.15. The molecule has 1 aliphatic rings. The van der Waals surface area contributed by atoms with Gasteiger partial charge in [0.15, 0.2) is 0 Å². The van der Waals surface area contributed by atoms with Crippen LogP contribution in [0.5, 0.6) is 0 Å². The third-order valence-corrected chi connectivity index (χ3v) is 3.17. The maximum atomic E-state index is 11.3.